The molecule has 3 aromatic rings. The van der Waals surface area contributed by atoms with Crippen LogP contribution in [0.1, 0.15) is 15.4 Å². The number of benzene rings is 2. The minimum Gasteiger partial charge on any atom is -0.495 e. The van der Waals surface area contributed by atoms with Gasteiger partial charge in [0.05, 0.1) is 44.8 Å². The lowest BCUT2D eigenvalue weighted by atomic mass is 10.2. The fourth-order valence-electron chi connectivity index (χ4n) is 2.84. The molecule has 2 aromatic carbocycles. The van der Waals surface area contributed by atoms with Crippen molar-refractivity contribution in [1.82, 2.24) is 4.98 Å². The Balaban J connectivity index is 1.92. The van der Waals surface area contributed by atoms with Gasteiger partial charge in [-0.15, -0.1) is 11.3 Å². The van der Waals surface area contributed by atoms with Gasteiger partial charge < -0.3 is 24.3 Å². The Labute approximate surface area is 183 Å². The van der Waals surface area contributed by atoms with E-state index in [1.54, 1.807) is 39.3 Å². The Kier molecular flexibility index (Phi) is 6.69. The summed E-state index contributed by atoms with van der Waals surface area (Å²) >= 11 is 7.41. The van der Waals surface area contributed by atoms with Crippen LogP contribution in [0.3, 0.4) is 0 Å². The summed E-state index contributed by atoms with van der Waals surface area (Å²) < 4.78 is 21.2. The van der Waals surface area contributed by atoms with Gasteiger partial charge in [-0.3, -0.25) is 4.79 Å². The standard InChI is InChI=1S/C21H21ClN2O5S/c1-11-19(20(25)24-14-10-16(27-3)13(22)9-17(14)28-4)30-21(23-11)12-6-7-15(26-2)18(8-12)29-5/h6-10H,1-5H3,(H,24,25). The number of anilines is 1. The van der Waals surface area contributed by atoms with E-state index < -0.39 is 0 Å². The summed E-state index contributed by atoms with van der Waals surface area (Å²) in [5.41, 5.74) is 1.89. The van der Waals surface area contributed by atoms with Crippen LogP contribution in [0.15, 0.2) is 30.3 Å². The first-order chi connectivity index (χ1) is 14.4. The van der Waals surface area contributed by atoms with Crippen LogP contribution in [0.5, 0.6) is 23.0 Å². The quantitative estimate of drug-likeness (QED) is 0.544. The van der Waals surface area contributed by atoms with Crippen LogP contribution < -0.4 is 24.3 Å². The average Bonchev–Trinajstić information content (AvgIpc) is 3.15. The Hall–Kier alpha value is -2.97. The van der Waals surface area contributed by atoms with E-state index in [-0.39, 0.29) is 5.91 Å². The molecule has 158 valence electrons. The first-order valence-corrected chi connectivity index (χ1v) is 10.0. The molecule has 9 heteroatoms. The summed E-state index contributed by atoms with van der Waals surface area (Å²) in [6.45, 7) is 1.79. The predicted octanol–water partition coefficient (Wildman–Crippen LogP) is 5.06. The monoisotopic (exact) mass is 448 g/mol. The van der Waals surface area contributed by atoms with Gasteiger partial charge in [0.1, 0.15) is 21.4 Å². The number of nitrogens with one attached hydrogen (secondary N) is 1. The van der Waals surface area contributed by atoms with Gasteiger partial charge in [-0.25, -0.2) is 4.98 Å². The third-order valence-corrected chi connectivity index (χ3v) is 5.86. The fraction of sp³-hybridized carbons (Fsp3) is 0.238. The summed E-state index contributed by atoms with van der Waals surface area (Å²) in [4.78, 5) is 18.0. The van der Waals surface area contributed by atoms with Crippen molar-refractivity contribution in [3.05, 3.63) is 45.9 Å². The normalized spacial score (nSPS) is 10.5. The largest absolute Gasteiger partial charge is 0.495 e. The number of aryl methyl sites for hydroxylation is 1. The van der Waals surface area contributed by atoms with E-state index >= 15 is 0 Å². The zero-order valence-electron chi connectivity index (χ0n) is 17.2. The van der Waals surface area contributed by atoms with Crippen molar-refractivity contribution in [2.45, 2.75) is 6.92 Å². The molecule has 1 amide bonds. The second-order valence-electron chi connectivity index (χ2n) is 6.14. The first kappa shape index (κ1) is 21.7. The number of halogens is 1. The van der Waals surface area contributed by atoms with Crippen molar-refractivity contribution in [3.8, 4) is 33.6 Å². The number of amides is 1. The molecular formula is C21H21ClN2O5S. The summed E-state index contributed by atoms with van der Waals surface area (Å²) in [7, 11) is 6.15. The number of carbonyl (C=O) groups excluding carboxylic acids is 1. The number of thiazole rings is 1. The third-order valence-electron chi connectivity index (χ3n) is 4.36. The van der Waals surface area contributed by atoms with E-state index in [9.17, 15) is 4.79 Å². The van der Waals surface area contributed by atoms with Crippen LogP contribution >= 0.6 is 22.9 Å². The van der Waals surface area contributed by atoms with E-state index in [1.165, 1.54) is 25.6 Å². The molecule has 3 rings (SSSR count). The maximum Gasteiger partial charge on any atom is 0.267 e. The van der Waals surface area contributed by atoms with Crippen molar-refractivity contribution < 1.29 is 23.7 Å². The molecule has 0 aliphatic rings. The molecule has 0 unspecified atom stereocenters. The molecule has 1 N–H and O–H groups in total. The highest BCUT2D eigenvalue weighted by atomic mass is 35.5. The highest BCUT2D eigenvalue weighted by Crippen LogP contribution is 2.38. The van der Waals surface area contributed by atoms with Gasteiger partial charge in [0.15, 0.2) is 11.5 Å². The van der Waals surface area contributed by atoms with Crippen molar-refractivity contribution in [2.24, 2.45) is 0 Å². The third kappa shape index (κ3) is 4.29. The first-order valence-electron chi connectivity index (χ1n) is 8.84. The highest BCUT2D eigenvalue weighted by molar-refractivity contribution is 7.17. The number of rotatable bonds is 7. The number of hydrogen-bond donors (Lipinski definition) is 1. The second-order valence-corrected chi connectivity index (χ2v) is 7.55. The zero-order chi connectivity index (χ0) is 21.8. The number of hydrogen-bond acceptors (Lipinski definition) is 7. The number of aromatic nitrogens is 1. The molecule has 0 aliphatic carbocycles. The lowest BCUT2D eigenvalue weighted by molar-refractivity contribution is 0.102. The second kappa shape index (κ2) is 9.23. The Morgan fingerprint density at radius 3 is 2.23 bits per heavy atom. The number of carbonyl (C=O) groups is 1. The van der Waals surface area contributed by atoms with E-state index in [1.807, 2.05) is 12.1 Å². The van der Waals surface area contributed by atoms with E-state index in [4.69, 9.17) is 30.5 Å². The molecule has 0 radical (unpaired) electrons. The van der Waals surface area contributed by atoms with Gasteiger partial charge in [-0.1, -0.05) is 11.6 Å². The summed E-state index contributed by atoms with van der Waals surface area (Å²) in [6, 6.07) is 8.70. The minimum atomic E-state index is -0.306. The molecule has 1 aromatic heterocycles. The Morgan fingerprint density at radius 1 is 0.933 bits per heavy atom. The lowest BCUT2D eigenvalue weighted by Gasteiger charge is -2.12. The summed E-state index contributed by atoms with van der Waals surface area (Å²) in [5.74, 6) is 1.76. The van der Waals surface area contributed by atoms with Crippen molar-refractivity contribution in [1.29, 1.82) is 0 Å². The molecule has 30 heavy (non-hydrogen) atoms. The van der Waals surface area contributed by atoms with Gasteiger partial charge in [0.2, 0.25) is 0 Å². The average molecular weight is 449 g/mol. The number of ether oxygens (including phenoxy) is 4. The molecule has 0 spiro atoms. The van der Waals surface area contributed by atoms with Gasteiger partial charge in [0.25, 0.3) is 5.91 Å². The molecular weight excluding hydrogens is 428 g/mol. The molecule has 0 saturated carbocycles. The molecule has 0 fully saturated rings. The van der Waals surface area contributed by atoms with Gasteiger partial charge >= 0.3 is 0 Å². The highest BCUT2D eigenvalue weighted by Gasteiger charge is 2.20. The molecule has 0 bridgehead atoms. The topological polar surface area (TPSA) is 78.9 Å². The maximum atomic E-state index is 12.9. The van der Waals surface area contributed by atoms with Crippen LogP contribution in [-0.2, 0) is 0 Å². The summed E-state index contributed by atoms with van der Waals surface area (Å²) in [5, 5.41) is 3.93. The molecule has 0 atom stereocenters. The van der Waals surface area contributed by atoms with Crippen molar-refractivity contribution in [3.63, 3.8) is 0 Å². The van der Waals surface area contributed by atoms with E-state index in [0.29, 0.717) is 49.3 Å². The lowest BCUT2D eigenvalue weighted by Crippen LogP contribution is -2.12. The van der Waals surface area contributed by atoms with Crippen molar-refractivity contribution in [2.75, 3.05) is 33.8 Å². The van der Waals surface area contributed by atoms with Crippen LogP contribution in [0.4, 0.5) is 5.69 Å². The van der Waals surface area contributed by atoms with Crippen LogP contribution in [-0.4, -0.2) is 39.3 Å². The van der Waals surface area contributed by atoms with E-state index in [0.717, 1.165) is 5.56 Å². The number of methoxy groups -OCH3 is 4. The van der Waals surface area contributed by atoms with Gasteiger partial charge in [0, 0.05) is 17.7 Å². The maximum absolute atomic E-state index is 12.9. The molecule has 0 aliphatic heterocycles. The molecule has 7 nitrogen and oxygen atoms in total. The fourth-order valence-corrected chi connectivity index (χ4v) is 4.03. The molecule has 1 heterocycles. The smallest absolute Gasteiger partial charge is 0.267 e. The van der Waals surface area contributed by atoms with Gasteiger partial charge in [-0.2, -0.15) is 0 Å². The van der Waals surface area contributed by atoms with Crippen molar-refractivity contribution >= 4 is 34.5 Å². The van der Waals surface area contributed by atoms with Crippen LogP contribution in [0.2, 0.25) is 5.02 Å². The number of nitrogens with zero attached hydrogens (tertiary/aromatic N) is 1. The SMILES string of the molecule is COc1cc(NC(=O)c2sc(-c3ccc(OC)c(OC)c3)nc2C)c(OC)cc1Cl. The zero-order valence-corrected chi connectivity index (χ0v) is 18.7. The van der Waals surface area contributed by atoms with Crippen LogP contribution in [0.25, 0.3) is 10.6 Å². The van der Waals surface area contributed by atoms with Crippen LogP contribution in [0, 0.1) is 6.92 Å². The van der Waals surface area contributed by atoms with E-state index in [2.05, 4.69) is 10.3 Å². The summed E-state index contributed by atoms with van der Waals surface area (Å²) in [6.07, 6.45) is 0. The van der Waals surface area contributed by atoms with Gasteiger partial charge in [-0.05, 0) is 25.1 Å². The Morgan fingerprint density at radius 2 is 1.60 bits per heavy atom. The minimum absolute atomic E-state index is 0.306. The Bertz CT molecular complexity index is 1080. The molecule has 0 saturated heterocycles. The predicted molar refractivity (Wildman–Crippen MR) is 118 cm³/mol.